The predicted octanol–water partition coefficient (Wildman–Crippen LogP) is 3.62. The van der Waals surface area contributed by atoms with Gasteiger partial charge in [-0.3, -0.25) is 0 Å². The van der Waals surface area contributed by atoms with Gasteiger partial charge in [-0.25, -0.2) is 9.48 Å². The molecule has 3 aromatic rings. The SMILES string of the molecule is Cc1ccc(-n2cc(-c3ccccc3)c(OCC(=O)O)n2)c(C)c1. The Morgan fingerprint density at radius 3 is 2.58 bits per heavy atom. The number of hydrogen-bond donors (Lipinski definition) is 1. The number of carboxylic acid groups (broad SMARTS) is 1. The first-order valence-corrected chi connectivity index (χ1v) is 7.62. The molecule has 122 valence electrons. The lowest BCUT2D eigenvalue weighted by Gasteiger charge is -2.06. The Morgan fingerprint density at radius 1 is 1.17 bits per heavy atom. The van der Waals surface area contributed by atoms with E-state index in [0.717, 1.165) is 22.4 Å². The Hall–Kier alpha value is -3.08. The number of aliphatic carboxylic acids is 1. The zero-order chi connectivity index (χ0) is 17.1. The fourth-order valence-electron chi connectivity index (χ4n) is 2.60. The minimum atomic E-state index is -1.03. The van der Waals surface area contributed by atoms with Crippen LogP contribution in [0.15, 0.2) is 54.7 Å². The molecule has 0 aliphatic carbocycles. The van der Waals surface area contributed by atoms with E-state index in [0.29, 0.717) is 5.88 Å². The number of carbonyl (C=O) groups is 1. The molecule has 5 heteroatoms. The number of aromatic nitrogens is 2. The summed E-state index contributed by atoms with van der Waals surface area (Å²) in [5.41, 5.74) is 4.88. The van der Waals surface area contributed by atoms with Crippen molar-refractivity contribution in [2.75, 3.05) is 6.61 Å². The van der Waals surface area contributed by atoms with E-state index in [1.54, 1.807) is 4.68 Å². The van der Waals surface area contributed by atoms with Gasteiger partial charge in [-0.05, 0) is 31.0 Å². The second kappa shape index (κ2) is 6.58. The highest BCUT2D eigenvalue weighted by Crippen LogP contribution is 2.30. The minimum absolute atomic E-state index is 0.309. The molecule has 1 N–H and O–H groups in total. The van der Waals surface area contributed by atoms with Gasteiger partial charge in [0.05, 0.1) is 11.3 Å². The number of nitrogens with zero attached hydrogens (tertiary/aromatic N) is 2. The van der Waals surface area contributed by atoms with Crippen LogP contribution >= 0.6 is 0 Å². The number of rotatable bonds is 5. The van der Waals surface area contributed by atoms with Crippen LogP contribution in [-0.2, 0) is 4.79 Å². The summed E-state index contributed by atoms with van der Waals surface area (Å²) in [7, 11) is 0. The van der Waals surface area contributed by atoms with Gasteiger partial charge >= 0.3 is 5.97 Å². The lowest BCUT2D eigenvalue weighted by atomic mass is 10.1. The smallest absolute Gasteiger partial charge is 0.341 e. The fraction of sp³-hybridized carbons (Fsp3) is 0.158. The van der Waals surface area contributed by atoms with Crippen molar-refractivity contribution in [3.05, 3.63) is 65.9 Å². The highest BCUT2D eigenvalue weighted by atomic mass is 16.5. The molecule has 1 heterocycles. The molecule has 0 bridgehead atoms. The molecule has 24 heavy (non-hydrogen) atoms. The van der Waals surface area contributed by atoms with Crippen LogP contribution in [0.3, 0.4) is 0 Å². The molecule has 0 atom stereocenters. The first kappa shape index (κ1) is 15.8. The maximum atomic E-state index is 10.8. The summed E-state index contributed by atoms with van der Waals surface area (Å²) in [6, 6.07) is 15.7. The van der Waals surface area contributed by atoms with E-state index in [4.69, 9.17) is 9.84 Å². The van der Waals surface area contributed by atoms with Crippen LogP contribution in [0.4, 0.5) is 0 Å². The second-order valence-electron chi connectivity index (χ2n) is 5.63. The molecule has 0 unspecified atom stereocenters. The zero-order valence-electron chi connectivity index (χ0n) is 13.6. The predicted molar refractivity (Wildman–Crippen MR) is 91.6 cm³/mol. The molecule has 0 spiro atoms. The van der Waals surface area contributed by atoms with Crippen molar-refractivity contribution in [3.63, 3.8) is 0 Å². The first-order chi connectivity index (χ1) is 11.5. The van der Waals surface area contributed by atoms with Crippen LogP contribution in [-0.4, -0.2) is 27.5 Å². The van der Waals surface area contributed by atoms with Crippen molar-refractivity contribution in [2.24, 2.45) is 0 Å². The van der Waals surface area contributed by atoms with Crippen LogP contribution < -0.4 is 4.74 Å². The Morgan fingerprint density at radius 2 is 1.92 bits per heavy atom. The zero-order valence-corrected chi connectivity index (χ0v) is 13.6. The summed E-state index contributed by atoms with van der Waals surface area (Å²) in [6.07, 6.45) is 1.87. The first-order valence-electron chi connectivity index (χ1n) is 7.62. The molecule has 0 radical (unpaired) electrons. The van der Waals surface area contributed by atoms with Gasteiger partial charge < -0.3 is 9.84 Å². The molecule has 2 aromatic carbocycles. The van der Waals surface area contributed by atoms with Crippen LogP contribution in [0.2, 0.25) is 0 Å². The molecule has 0 amide bonds. The Bertz CT molecular complexity index is 870. The standard InChI is InChI=1S/C19H18N2O3/c1-13-8-9-17(14(2)10-13)21-11-16(15-6-4-3-5-7-15)19(20-21)24-12-18(22)23/h3-11H,12H2,1-2H3,(H,22,23). The summed E-state index contributed by atoms with van der Waals surface area (Å²) in [5.74, 6) is -0.723. The average Bonchev–Trinajstić information content (AvgIpc) is 2.97. The molecule has 0 aliphatic rings. The van der Waals surface area contributed by atoms with E-state index in [1.807, 2.05) is 62.5 Å². The highest BCUT2D eigenvalue weighted by molar-refractivity contribution is 5.71. The van der Waals surface area contributed by atoms with E-state index >= 15 is 0 Å². The highest BCUT2D eigenvalue weighted by Gasteiger charge is 2.15. The van der Waals surface area contributed by atoms with Crippen LogP contribution in [0.5, 0.6) is 5.88 Å². The third kappa shape index (κ3) is 3.30. The molecule has 0 saturated carbocycles. The number of carboxylic acids is 1. The van der Waals surface area contributed by atoms with E-state index < -0.39 is 12.6 Å². The summed E-state index contributed by atoms with van der Waals surface area (Å²) < 4.78 is 7.12. The summed E-state index contributed by atoms with van der Waals surface area (Å²) >= 11 is 0. The average molecular weight is 322 g/mol. The van der Waals surface area contributed by atoms with Gasteiger partial charge in [-0.1, -0.05) is 48.0 Å². The minimum Gasteiger partial charge on any atom is -0.479 e. The number of aryl methyl sites for hydroxylation is 2. The van der Waals surface area contributed by atoms with Crippen molar-refractivity contribution in [1.29, 1.82) is 0 Å². The number of benzene rings is 2. The Kier molecular flexibility index (Phi) is 4.33. The van der Waals surface area contributed by atoms with Crippen molar-refractivity contribution >= 4 is 5.97 Å². The summed E-state index contributed by atoms with van der Waals surface area (Å²) in [4.78, 5) is 10.8. The van der Waals surface area contributed by atoms with Crippen molar-refractivity contribution in [3.8, 4) is 22.7 Å². The lowest BCUT2D eigenvalue weighted by Crippen LogP contribution is -2.10. The summed E-state index contributed by atoms with van der Waals surface area (Å²) in [6.45, 7) is 3.63. The lowest BCUT2D eigenvalue weighted by molar-refractivity contribution is -0.139. The van der Waals surface area contributed by atoms with E-state index in [9.17, 15) is 4.79 Å². The second-order valence-corrected chi connectivity index (χ2v) is 5.63. The molecule has 0 aliphatic heterocycles. The van der Waals surface area contributed by atoms with Crippen molar-refractivity contribution < 1.29 is 14.6 Å². The maximum Gasteiger partial charge on any atom is 0.341 e. The van der Waals surface area contributed by atoms with E-state index in [1.165, 1.54) is 5.56 Å². The molecular weight excluding hydrogens is 304 g/mol. The van der Waals surface area contributed by atoms with Gasteiger partial charge in [0.1, 0.15) is 0 Å². The van der Waals surface area contributed by atoms with Crippen LogP contribution in [0.1, 0.15) is 11.1 Å². The topological polar surface area (TPSA) is 64.3 Å². The molecule has 3 rings (SSSR count). The van der Waals surface area contributed by atoms with Crippen LogP contribution in [0, 0.1) is 13.8 Å². The Labute approximate surface area is 140 Å². The van der Waals surface area contributed by atoms with Gasteiger partial charge in [0.25, 0.3) is 0 Å². The molecule has 0 fully saturated rings. The maximum absolute atomic E-state index is 10.8. The quantitative estimate of drug-likeness (QED) is 0.779. The normalized spacial score (nSPS) is 10.6. The van der Waals surface area contributed by atoms with Gasteiger partial charge in [-0.2, -0.15) is 0 Å². The molecule has 0 saturated heterocycles. The third-order valence-electron chi connectivity index (χ3n) is 3.70. The van der Waals surface area contributed by atoms with Crippen LogP contribution in [0.25, 0.3) is 16.8 Å². The Balaban J connectivity index is 2.07. The molecule has 5 nitrogen and oxygen atoms in total. The number of ether oxygens (including phenoxy) is 1. The molecule has 1 aromatic heterocycles. The summed E-state index contributed by atoms with van der Waals surface area (Å²) in [5, 5.41) is 13.3. The molecular formula is C19H18N2O3. The van der Waals surface area contributed by atoms with Crippen molar-refractivity contribution in [2.45, 2.75) is 13.8 Å². The van der Waals surface area contributed by atoms with Gasteiger partial charge in [0.2, 0.25) is 5.88 Å². The van der Waals surface area contributed by atoms with E-state index in [-0.39, 0.29) is 0 Å². The fourth-order valence-corrected chi connectivity index (χ4v) is 2.60. The largest absolute Gasteiger partial charge is 0.479 e. The van der Waals surface area contributed by atoms with Gasteiger partial charge in [0.15, 0.2) is 6.61 Å². The van der Waals surface area contributed by atoms with Gasteiger partial charge in [0, 0.05) is 6.20 Å². The van der Waals surface area contributed by atoms with E-state index in [2.05, 4.69) is 11.2 Å². The monoisotopic (exact) mass is 322 g/mol. The number of hydrogen-bond acceptors (Lipinski definition) is 3. The van der Waals surface area contributed by atoms with Gasteiger partial charge in [-0.15, -0.1) is 5.10 Å². The van der Waals surface area contributed by atoms with Crippen molar-refractivity contribution in [1.82, 2.24) is 9.78 Å². The third-order valence-corrected chi connectivity index (χ3v) is 3.70.